The van der Waals surface area contributed by atoms with Crippen molar-refractivity contribution in [2.75, 3.05) is 27.3 Å². The maximum absolute atomic E-state index is 6.44. The Morgan fingerprint density at radius 2 is 1.81 bits per heavy atom. The van der Waals surface area contributed by atoms with Crippen LogP contribution in [0.2, 0.25) is 5.02 Å². The van der Waals surface area contributed by atoms with Gasteiger partial charge < -0.3 is 14.4 Å². The summed E-state index contributed by atoms with van der Waals surface area (Å²) in [5.74, 6) is 1.61. The molecule has 1 aliphatic heterocycles. The second-order valence-corrected chi connectivity index (χ2v) is 10.5. The third kappa shape index (κ3) is 4.56. The highest BCUT2D eigenvalue weighted by atomic mass is 35.5. The first-order valence-corrected chi connectivity index (χ1v) is 12.3. The second-order valence-electron chi connectivity index (χ2n) is 10.0. The van der Waals surface area contributed by atoms with Crippen LogP contribution in [-0.4, -0.2) is 27.3 Å². The SMILES string of the molecule is COc1cc2c(cc1OC)[C@H](c1cccc(Cl)c1)[NH+](CCC1=C(C)CCCC1(C)C)CC2. The van der Waals surface area contributed by atoms with E-state index in [1.165, 1.54) is 36.0 Å². The van der Waals surface area contributed by atoms with Gasteiger partial charge in [-0.05, 0) is 61.4 Å². The van der Waals surface area contributed by atoms with Gasteiger partial charge in [-0.2, -0.15) is 0 Å². The first-order valence-electron chi connectivity index (χ1n) is 11.9. The number of methoxy groups -OCH3 is 2. The lowest BCUT2D eigenvalue weighted by molar-refractivity contribution is -0.927. The van der Waals surface area contributed by atoms with Crippen LogP contribution in [0, 0.1) is 5.41 Å². The van der Waals surface area contributed by atoms with E-state index in [4.69, 9.17) is 21.1 Å². The van der Waals surface area contributed by atoms with Crippen LogP contribution >= 0.6 is 11.6 Å². The molecule has 4 heteroatoms. The predicted molar refractivity (Wildman–Crippen MR) is 132 cm³/mol. The fourth-order valence-corrected chi connectivity index (χ4v) is 6.16. The number of ether oxygens (including phenoxy) is 2. The molecule has 0 saturated carbocycles. The van der Waals surface area contributed by atoms with Gasteiger partial charge in [0.1, 0.15) is 6.04 Å². The molecule has 0 aromatic heterocycles. The fraction of sp³-hybridized carbons (Fsp3) is 0.500. The van der Waals surface area contributed by atoms with Crippen LogP contribution < -0.4 is 14.4 Å². The van der Waals surface area contributed by atoms with Crippen LogP contribution in [0.3, 0.4) is 0 Å². The van der Waals surface area contributed by atoms with Gasteiger partial charge >= 0.3 is 0 Å². The quantitative estimate of drug-likeness (QED) is 0.557. The van der Waals surface area contributed by atoms with E-state index in [0.717, 1.165) is 42.5 Å². The highest BCUT2D eigenvalue weighted by Crippen LogP contribution is 2.42. The summed E-state index contributed by atoms with van der Waals surface area (Å²) in [5, 5.41) is 0.793. The number of allylic oxidation sites excluding steroid dienone is 1. The van der Waals surface area contributed by atoms with Crippen molar-refractivity contribution in [1.82, 2.24) is 0 Å². The van der Waals surface area contributed by atoms with Gasteiger partial charge in [-0.1, -0.05) is 48.7 Å². The molecule has 2 atom stereocenters. The Bertz CT molecular complexity index is 1010. The number of hydrogen-bond acceptors (Lipinski definition) is 2. The normalized spacial score (nSPS) is 22.4. The van der Waals surface area contributed by atoms with Gasteiger partial charge in [-0.15, -0.1) is 0 Å². The Hall–Kier alpha value is -1.97. The average molecular weight is 455 g/mol. The Kier molecular flexibility index (Phi) is 6.88. The highest BCUT2D eigenvalue weighted by molar-refractivity contribution is 6.30. The monoisotopic (exact) mass is 454 g/mol. The minimum Gasteiger partial charge on any atom is -0.493 e. The van der Waals surface area contributed by atoms with E-state index in [-0.39, 0.29) is 6.04 Å². The molecular formula is C28H37ClNO2+. The third-order valence-electron chi connectivity index (χ3n) is 7.64. The number of fused-ring (bicyclic) bond motifs is 1. The molecule has 0 spiro atoms. The lowest BCUT2D eigenvalue weighted by Gasteiger charge is -2.38. The maximum atomic E-state index is 6.44. The predicted octanol–water partition coefficient (Wildman–Crippen LogP) is 5.80. The number of nitrogens with one attached hydrogen (secondary N) is 1. The van der Waals surface area contributed by atoms with Crippen LogP contribution in [-0.2, 0) is 6.42 Å². The highest BCUT2D eigenvalue weighted by Gasteiger charge is 2.35. The van der Waals surface area contributed by atoms with Crippen molar-refractivity contribution in [2.45, 2.75) is 58.9 Å². The summed E-state index contributed by atoms with van der Waals surface area (Å²) in [6, 6.07) is 13.0. The topological polar surface area (TPSA) is 22.9 Å². The Balaban J connectivity index is 1.71. The average Bonchev–Trinajstić information content (AvgIpc) is 2.77. The summed E-state index contributed by atoms with van der Waals surface area (Å²) in [4.78, 5) is 1.61. The second kappa shape index (κ2) is 9.49. The van der Waals surface area contributed by atoms with E-state index in [1.807, 2.05) is 6.07 Å². The molecule has 0 fully saturated rings. The van der Waals surface area contributed by atoms with Crippen LogP contribution in [0.5, 0.6) is 11.5 Å². The first kappa shape index (κ1) is 23.2. The van der Waals surface area contributed by atoms with Gasteiger partial charge in [0, 0.05) is 29.0 Å². The molecule has 0 bridgehead atoms. The zero-order chi connectivity index (χ0) is 22.9. The summed E-state index contributed by atoms with van der Waals surface area (Å²) in [5.41, 5.74) is 7.57. The molecule has 2 aliphatic rings. The summed E-state index contributed by atoms with van der Waals surface area (Å²) in [6.45, 7) is 9.44. The van der Waals surface area contributed by atoms with Crippen molar-refractivity contribution in [3.8, 4) is 11.5 Å². The first-order chi connectivity index (χ1) is 15.3. The van der Waals surface area contributed by atoms with Crippen molar-refractivity contribution >= 4 is 11.6 Å². The lowest BCUT2D eigenvalue weighted by atomic mass is 9.71. The number of benzene rings is 2. The van der Waals surface area contributed by atoms with Gasteiger partial charge in [0.2, 0.25) is 0 Å². The molecule has 2 aromatic rings. The minimum atomic E-state index is 0.241. The molecule has 0 amide bonds. The van der Waals surface area contributed by atoms with Crippen molar-refractivity contribution in [2.24, 2.45) is 5.41 Å². The molecule has 32 heavy (non-hydrogen) atoms. The van der Waals surface area contributed by atoms with E-state index in [9.17, 15) is 0 Å². The lowest BCUT2D eigenvalue weighted by Crippen LogP contribution is -3.13. The molecular weight excluding hydrogens is 418 g/mol. The van der Waals surface area contributed by atoms with Crippen molar-refractivity contribution in [1.29, 1.82) is 0 Å². The number of quaternary nitrogens is 1. The standard InChI is InChI=1S/C28H36ClNO2/c1-19-8-7-13-28(2,3)24(19)12-15-30-14-11-20-17-25(31-4)26(32-5)18-23(20)27(30)21-9-6-10-22(29)16-21/h6,9-10,16-18,27H,7-8,11-15H2,1-5H3/p+1/t27-/m0/s1. The Morgan fingerprint density at radius 3 is 2.50 bits per heavy atom. The van der Waals surface area contributed by atoms with Gasteiger partial charge in [0.25, 0.3) is 0 Å². The molecule has 1 heterocycles. The summed E-state index contributed by atoms with van der Waals surface area (Å²) in [6.07, 6.45) is 6.08. The van der Waals surface area contributed by atoms with E-state index in [1.54, 1.807) is 30.3 Å². The van der Waals surface area contributed by atoms with Crippen LogP contribution in [0.15, 0.2) is 47.5 Å². The summed E-state index contributed by atoms with van der Waals surface area (Å²) in [7, 11) is 3.42. The molecule has 172 valence electrons. The number of hydrogen-bond donors (Lipinski definition) is 1. The molecule has 1 N–H and O–H groups in total. The van der Waals surface area contributed by atoms with E-state index < -0.39 is 0 Å². The number of halogens is 1. The maximum Gasteiger partial charge on any atom is 0.161 e. The van der Waals surface area contributed by atoms with E-state index >= 15 is 0 Å². The minimum absolute atomic E-state index is 0.241. The molecule has 0 radical (unpaired) electrons. The zero-order valence-corrected chi connectivity index (χ0v) is 20.9. The molecule has 2 aromatic carbocycles. The smallest absolute Gasteiger partial charge is 0.161 e. The van der Waals surface area contributed by atoms with Gasteiger partial charge in [-0.3, -0.25) is 0 Å². The summed E-state index contributed by atoms with van der Waals surface area (Å²) >= 11 is 6.44. The third-order valence-corrected chi connectivity index (χ3v) is 7.88. The zero-order valence-electron chi connectivity index (χ0n) is 20.2. The van der Waals surface area contributed by atoms with Crippen molar-refractivity contribution in [3.05, 3.63) is 69.3 Å². The Morgan fingerprint density at radius 1 is 1.06 bits per heavy atom. The molecule has 1 unspecified atom stereocenters. The van der Waals surface area contributed by atoms with Gasteiger partial charge in [-0.25, -0.2) is 0 Å². The Labute approximate surface area is 198 Å². The molecule has 1 aliphatic carbocycles. The summed E-state index contributed by atoms with van der Waals surface area (Å²) < 4.78 is 11.3. The van der Waals surface area contributed by atoms with E-state index in [0.29, 0.717) is 5.41 Å². The van der Waals surface area contributed by atoms with E-state index in [2.05, 4.69) is 51.1 Å². The van der Waals surface area contributed by atoms with Crippen LogP contribution in [0.25, 0.3) is 0 Å². The van der Waals surface area contributed by atoms with Gasteiger partial charge in [0.15, 0.2) is 11.5 Å². The van der Waals surface area contributed by atoms with Gasteiger partial charge in [0.05, 0.1) is 27.3 Å². The molecule has 0 saturated heterocycles. The number of rotatable bonds is 6. The van der Waals surface area contributed by atoms with Crippen molar-refractivity contribution < 1.29 is 14.4 Å². The molecule has 3 nitrogen and oxygen atoms in total. The largest absolute Gasteiger partial charge is 0.493 e. The fourth-order valence-electron chi connectivity index (χ4n) is 5.96. The van der Waals surface area contributed by atoms with Crippen molar-refractivity contribution in [3.63, 3.8) is 0 Å². The molecule has 4 rings (SSSR count). The van der Waals surface area contributed by atoms with Crippen LogP contribution in [0.1, 0.15) is 69.2 Å². The van der Waals surface area contributed by atoms with Crippen LogP contribution in [0.4, 0.5) is 0 Å².